The van der Waals surface area contributed by atoms with Crippen LogP contribution in [0.15, 0.2) is 16.5 Å². The van der Waals surface area contributed by atoms with E-state index in [0.717, 1.165) is 19.5 Å². The van der Waals surface area contributed by atoms with Gasteiger partial charge in [0.05, 0.1) is 0 Å². The number of aromatic carboxylic acids is 1. The Morgan fingerprint density at radius 1 is 1.24 bits per heavy atom. The van der Waals surface area contributed by atoms with Gasteiger partial charge in [0.2, 0.25) is 5.76 Å². The first-order valence-corrected chi connectivity index (χ1v) is 5.51. The lowest BCUT2D eigenvalue weighted by atomic mass is 10.3. The van der Waals surface area contributed by atoms with Crippen LogP contribution < -0.4 is 5.32 Å². The SMILES string of the molecule is O=C(O)c1ccc(C(=O)N2CCCNCC2)o1. The maximum atomic E-state index is 12.0. The molecule has 0 atom stereocenters. The lowest BCUT2D eigenvalue weighted by Crippen LogP contribution is -2.33. The summed E-state index contributed by atoms with van der Waals surface area (Å²) in [7, 11) is 0. The Hall–Kier alpha value is -1.82. The van der Waals surface area contributed by atoms with Crippen LogP contribution in [0.3, 0.4) is 0 Å². The third-order valence-electron chi connectivity index (χ3n) is 2.65. The molecule has 2 rings (SSSR count). The third-order valence-corrected chi connectivity index (χ3v) is 2.65. The quantitative estimate of drug-likeness (QED) is 0.780. The van der Waals surface area contributed by atoms with E-state index in [-0.39, 0.29) is 17.4 Å². The molecule has 1 saturated heterocycles. The van der Waals surface area contributed by atoms with E-state index in [1.165, 1.54) is 12.1 Å². The highest BCUT2D eigenvalue weighted by Crippen LogP contribution is 2.11. The Balaban J connectivity index is 2.09. The average Bonchev–Trinajstić information content (AvgIpc) is 2.65. The first-order chi connectivity index (χ1) is 8.18. The number of hydrogen-bond donors (Lipinski definition) is 2. The summed E-state index contributed by atoms with van der Waals surface area (Å²) in [5.74, 6) is -1.53. The number of rotatable bonds is 2. The van der Waals surface area contributed by atoms with Gasteiger partial charge >= 0.3 is 5.97 Å². The summed E-state index contributed by atoms with van der Waals surface area (Å²) in [5.41, 5.74) is 0. The van der Waals surface area contributed by atoms with E-state index in [4.69, 9.17) is 9.52 Å². The van der Waals surface area contributed by atoms with Crippen molar-refractivity contribution < 1.29 is 19.1 Å². The van der Waals surface area contributed by atoms with Gasteiger partial charge in [-0.15, -0.1) is 0 Å². The molecule has 0 bridgehead atoms. The molecular formula is C11H14N2O4. The molecule has 6 heteroatoms. The molecule has 6 nitrogen and oxygen atoms in total. The summed E-state index contributed by atoms with van der Waals surface area (Å²) in [6.45, 7) is 2.91. The van der Waals surface area contributed by atoms with Gasteiger partial charge in [-0.1, -0.05) is 0 Å². The van der Waals surface area contributed by atoms with E-state index in [2.05, 4.69) is 5.32 Å². The van der Waals surface area contributed by atoms with Gasteiger partial charge in [-0.3, -0.25) is 4.79 Å². The summed E-state index contributed by atoms with van der Waals surface area (Å²) in [6.07, 6.45) is 0.887. The predicted molar refractivity (Wildman–Crippen MR) is 59.1 cm³/mol. The number of nitrogens with zero attached hydrogens (tertiary/aromatic N) is 1. The van der Waals surface area contributed by atoms with Crippen molar-refractivity contribution in [3.05, 3.63) is 23.7 Å². The molecule has 1 aromatic heterocycles. The normalized spacial score (nSPS) is 16.6. The molecule has 2 N–H and O–H groups in total. The molecule has 2 heterocycles. The molecule has 0 saturated carbocycles. The van der Waals surface area contributed by atoms with E-state index in [1.54, 1.807) is 4.90 Å². The second kappa shape index (κ2) is 5.01. The first kappa shape index (κ1) is 11.7. The number of carbonyl (C=O) groups is 2. The standard InChI is InChI=1S/C11H14N2O4/c14-10(13-6-1-4-12-5-7-13)8-2-3-9(17-8)11(15)16/h2-3,12H,1,4-7H2,(H,15,16). The van der Waals surface area contributed by atoms with Gasteiger partial charge in [-0.2, -0.15) is 0 Å². The highest BCUT2D eigenvalue weighted by atomic mass is 16.4. The Labute approximate surface area is 98.2 Å². The Kier molecular flexibility index (Phi) is 3.43. The molecule has 1 aliphatic rings. The van der Waals surface area contributed by atoms with Crippen molar-refractivity contribution >= 4 is 11.9 Å². The van der Waals surface area contributed by atoms with E-state index in [0.29, 0.717) is 13.1 Å². The zero-order valence-electron chi connectivity index (χ0n) is 9.31. The zero-order valence-corrected chi connectivity index (χ0v) is 9.31. The highest BCUT2D eigenvalue weighted by Gasteiger charge is 2.21. The van der Waals surface area contributed by atoms with Crippen LogP contribution in [0.25, 0.3) is 0 Å². The van der Waals surface area contributed by atoms with Crippen molar-refractivity contribution in [3.8, 4) is 0 Å². The molecule has 0 aliphatic carbocycles. The van der Waals surface area contributed by atoms with Crippen LogP contribution in [0.5, 0.6) is 0 Å². The highest BCUT2D eigenvalue weighted by molar-refractivity contribution is 5.93. The molecular weight excluding hydrogens is 224 g/mol. The van der Waals surface area contributed by atoms with Gasteiger partial charge in [-0.05, 0) is 25.1 Å². The van der Waals surface area contributed by atoms with Crippen molar-refractivity contribution in [2.24, 2.45) is 0 Å². The van der Waals surface area contributed by atoms with Gasteiger partial charge in [0.15, 0.2) is 5.76 Å². The number of hydrogen-bond acceptors (Lipinski definition) is 4. The summed E-state index contributed by atoms with van der Waals surface area (Å²) in [6, 6.07) is 2.70. The molecule has 1 aliphatic heterocycles. The monoisotopic (exact) mass is 238 g/mol. The topological polar surface area (TPSA) is 82.8 Å². The van der Waals surface area contributed by atoms with E-state index in [9.17, 15) is 9.59 Å². The van der Waals surface area contributed by atoms with E-state index >= 15 is 0 Å². The largest absolute Gasteiger partial charge is 0.475 e. The summed E-state index contributed by atoms with van der Waals surface area (Å²) < 4.78 is 4.99. The average molecular weight is 238 g/mol. The van der Waals surface area contributed by atoms with Gasteiger partial charge in [0.1, 0.15) is 0 Å². The smallest absolute Gasteiger partial charge is 0.371 e. The fraction of sp³-hybridized carbons (Fsp3) is 0.455. The fourth-order valence-electron chi connectivity index (χ4n) is 1.77. The Bertz CT molecular complexity index is 419. The van der Waals surface area contributed by atoms with Crippen molar-refractivity contribution in [3.63, 3.8) is 0 Å². The number of amides is 1. The van der Waals surface area contributed by atoms with Crippen LogP contribution in [0, 0.1) is 0 Å². The van der Waals surface area contributed by atoms with Gasteiger partial charge in [-0.25, -0.2) is 4.79 Å². The minimum Gasteiger partial charge on any atom is -0.475 e. The summed E-state index contributed by atoms with van der Waals surface area (Å²) >= 11 is 0. The van der Waals surface area contributed by atoms with Crippen molar-refractivity contribution in [1.82, 2.24) is 10.2 Å². The van der Waals surface area contributed by atoms with Gasteiger partial charge in [0, 0.05) is 19.6 Å². The molecule has 92 valence electrons. The second-order valence-electron chi connectivity index (χ2n) is 3.86. The van der Waals surface area contributed by atoms with E-state index in [1.807, 2.05) is 0 Å². The molecule has 0 unspecified atom stereocenters. The number of carbonyl (C=O) groups excluding carboxylic acids is 1. The number of furan rings is 1. The maximum Gasteiger partial charge on any atom is 0.371 e. The zero-order chi connectivity index (χ0) is 12.3. The Morgan fingerprint density at radius 3 is 2.71 bits per heavy atom. The van der Waals surface area contributed by atoms with Crippen LogP contribution >= 0.6 is 0 Å². The van der Waals surface area contributed by atoms with Gasteiger partial charge in [0.25, 0.3) is 5.91 Å². The Morgan fingerprint density at radius 2 is 2.00 bits per heavy atom. The summed E-state index contributed by atoms with van der Waals surface area (Å²) in [4.78, 5) is 24.3. The van der Waals surface area contributed by atoms with Crippen molar-refractivity contribution in [2.45, 2.75) is 6.42 Å². The third kappa shape index (κ3) is 2.65. The molecule has 0 aromatic carbocycles. The molecule has 0 spiro atoms. The molecule has 1 aromatic rings. The molecule has 0 radical (unpaired) electrons. The molecule has 17 heavy (non-hydrogen) atoms. The van der Waals surface area contributed by atoms with E-state index < -0.39 is 5.97 Å². The fourth-order valence-corrected chi connectivity index (χ4v) is 1.77. The maximum absolute atomic E-state index is 12.0. The first-order valence-electron chi connectivity index (χ1n) is 5.51. The number of carboxylic acids is 1. The summed E-state index contributed by atoms with van der Waals surface area (Å²) in [5, 5.41) is 11.9. The second-order valence-corrected chi connectivity index (χ2v) is 3.86. The molecule has 1 fully saturated rings. The minimum absolute atomic E-state index is 0.0873. The molecule has 1 amide bonds. The van der Waals surface area contributed by atoms with Crippen LogP contribution in [0.1, 0.15) is 27.5 Å². The lowest BCUT2D eigenvalue weighted by molar-refractivity contribution is 0.0651. The van der Waals surface area contributed by atoms with Crippen LogP contribution in [0.4, 0.5) is 0 Å². The predicted octanol–water partition coefficient (Wildman–Crippen LogP) is 0.413. The van der Waals surface area contributed by atoms with Crippen molar-refractivity contribution in [2.75, 3.05) is 26.2 Å². The van der Waals surface area contributed by atoms with Crippen LogP contribution in [-0.4, -0.2) is 48.1 Å². The van der Waals surface area contributed by atoms with Crippen LogP contribution in [0.2, 0.25) is 0 Å². The van der Waals surface area contributed by atoms with Gasteiger partial charge < -0.3 is 19.7 Å². The van der Waals surface area contributed by atoms with Crippen molar-refractivity contribution in [1.29, 1.82) is 0 Å². The minimum atomic E-state index is -1.17. The number of nitrogens with one attached hydrogen (secondary N) is 1. The van der Waals surface area contributed by atoms with Crippen LogP contribution in [-0.2, 0) is 0 Å². The lowest BCUT2D eigenvalue weighted by Gasteiger charge is -2.18. The number of carboxylic acid groups (broad SMARTS) is 1.